The van der Waals surface area contributed by atoms with Crippen LogP contribution in [0.2, 0.25) is 0 Å². The molecule has 1 unspecified atom stereocenters. The van der Waals surface area contributed by atoms with Crippen molar-refractivity contribution in [2.75, 3.05) is 13.1 Å². The molecule has 0 aromatic carbocycles. The van der Waals surface area contributed by atoms with E-state index in [-0.39, 0.29) is 0 Å². The Hall–Kier alpha value is -0.340. The van der Waals surface area contributed by atoms with Crippen LogP contribution in [0, 0.1) is 0 Å². The molecule has 0 radical (unpaired) electrons. The van der Waals surface area contributed by atoms with Crippen LogP contribution in [0.25, 0.3) is 0 Å². The average Bonchev–Trinajstić information content (AvgIpc) is 2.05. The maximum absolute atomic E-state index is 5.56. The zero-order valence-corrected chi connectivity index (χ0v) is 7.47. The Morgan fingerprint density at radius 2 is 2.36 bits per heavy atom. The summed E-state index contributed by atoms with van der Waals surface area (Å²) in [6.07, 6.45) is 5.55. The second kappa shape index (κ2) is 7.76. The molecule has 0 aliphatic carbocycles. The average molecular weight is 156 g/mol. The predicted octanol–water partition coefficient (Wildman–Crippen LogP) is 1.28. The van der Waals surface area contributed by atoms with Gasteiger partial charge in [0.2, 0.25) is 0 Å². The van der Waals surface area contributed by atoms with E-state index in [0.717, 1.165) is 13.1 Å². The third-order valence-corrected chi connectivity index (χ3v) is 1.74. The van der Waals surface area contributed by atoms with E-state index in [0.29, 0.717) is 6.04 Å². The molecule has 0 rings (SSSR count). The zero-order chi connectivity index (χ0) is 8.53. The Bertz CT molecular complexity index is 91.6. The number of hydrogen-bond acceptors (Lipinski definition) is 2. The van der Waals surface area contributed by atoms with Crippen LogP contribution in [0.1, 0.15) is 26.2 Å². The summed E-state index contributed by atoms with van der Waals surface area (Å²) in [5.74, 6) is 0. The van der Waals surface area contributed by atoms with Gasteiger partial charge in [0, 0.05) is 19.1 Å². The van der Waals surface area contributed by atoms with E-state index in [4.69, 9.17) is 5.73 Å². The van der Waals surface area contributed by atoms with E-state index in [1.165, 1.54) is 19.3 Å². The molecule has 0 aliphatic heterocycles. The third kappa shape index (κ3) is 6.07. The van der Waals surface area contributed by atoms with Gasteiger partial charge in [-0.05, 0) is 6.42 Å². The van der Waals surface area contributed by atoms with E-state index in [1.54, 1.807) is 0 Å². The molecule has 0 amide bonds. The first kappa shape index (κ1) is 10.7. The van der Waals surface area contributed by atoms with Gasteiger partial charge in [-0.1, -0.05) is 25.8 Å². The third-order valence-electron chi connectivity index (χ3n) is 1.74. The zero-order valence-electron chi connectivity index (χ0n) is 7.47. The number of rotatable bonds is 7. The summed E-state index contributed by atoms with van der Waals surface area (Å²) >= 11 is 0. The molecule has 0 fully saturated rings. The molecule has 2 heteroatoms. The van der Waals surface area contributed by atoms with Gasteiger partial charge >= 0.3 is 0 Å². The number of nitrogens with two attached hydrogens (primary N) is 1. The summed E-state index contributed by atoms with van der Waals surface area (Å²) in [6.45, 7) is 7.44. The van der Waals surface area contributed by atoms with Gasteiger partial charge in [0.15, 0.2) is 0 Å². The van der Waals surface area contributed by atoms with E-state index in [1.807, 2.05) is 6.08 Å². The lowest BCUT2D eigenvalue weighted by atomic mass is 10.1. The molecule has 1 atom stereocenters. The van der Waals surface area contributed by atoms with Crippen LogP contribution >= 0.6 is 0 Å². The second-order valence-corrected chi connectivity index (χ2v) is 2.77. The normalized spacial score (nSPS) is 12.9. The van der Waals surface area contributed by atoms with E-state index in [9.17, 15) is 0 Å². The quantitative estimate of drug-likeness (QED) is 0.545. The second-order valence-electron chi connectivity index (χ2n) is 2.77. The van der Waals surface area contributed by atoms with Gasteiger partial charge in [0.05, 0.1) is 0 Å². The van der Waals surface area contributed by atoms with Crippen molar-refractivity contribution >= 4 is 0 Å². The minimum atomic E-state index is 0.480. The summed E-state index contributed by atoms with van der Waals surface area (Å²) < 4.78 is 0. The lowest BCUT2D eigenvalue weighted by Gasteiger charge is -2.14. The lowest BCUT2D eigenvalue weighted by molar-refractivity contribution is 0.493. The van der Waals surface area contributed by atoms with Crippen molar-refractivity contribution in [2.45, 2.75) is 32.2 Å². The van der Waals surface area contributed by atoms with Gasteiger partial charge in [-0.15, -0.1) is 6.58 Å². The van der Waals surface area contributed by atoms with Crippen molar-refractivity contribution in [2.24, 2.45) is 5.73 Å². The van der Waals surface area contributed by atoms with Crippen LogP contribution < -0.4 is 11.1 Å². The number of nitrogens with one attached hydrogen (secondary N) is 1. The summed E-state index contributed by atoms with van der Waals surface area (Å²) in [6, 6.07) is 0.480. The van der Waals surface area contributed by atoms with Crippen molar-refractivity contribution in [3.05, 3.63) is 12.7 Å². The fourth-order valence-corrected chi connectivity index (χ4v) is 1.00. The fourth-order valence-electron chi connectivity index (χ4n) is 1.00. The number of unbranched alkanes of at least 4 members (excludes halogenated alkanes) is 1. The van der Waals surface area contributed by atoms with Crippen molar-refractivity contribution in [3.63, 3.8) is 0 Å². The highest BCUT2D eigenvalue weighted by atomic mass is 14.9. The highest BCUT2D eigenvalue weighted by Crippen LogP contribution is 1.98. The maximum atomic E-state index is 5.56. The number of hydrogen-bond donors (Lipinski definition) is 2. The Morgan fingerprint density at radius 3 is 2.82 bits per heavy atom. The minimum absolute atomic E-state index is 0.480. The van der Waals surface area contributed by atoms with Gasteiger partial charge in [-0.2, -0.15) is 0 Å². The molecular weight excluding hydrogens is 136 g/mol. The molecule has 0 aromatic rings. The van der Waals surface area contributed by atoms with Crippen LogP contribution in [0.15, 0.2) is 12.7 Å². The molecule has 0 heterocycles. The SMILES string of the molecule is C=CCNC(CN)CCCC. The molecule has 11 heavy (non-hydrogen) atoms. The maximum Gasteiger partial charge on any atom is 0.0193 e. The Balaban J connectivity index is 3.32. The Kier molecular flexibility index (Phi) is 7.52. The fraction of sp³-hybridized carbons (Fsp3) is 0.778. The van der Waals surface area contributed by atoms with E-state index < -0.39 is 0 Å². The topological polar surface area (TPSA) is 38.0 Å². The molecule has 0 aliphatic rings. The smallest absolute Gasteiger partial charge is 0.0193 e. The standard InChI is InChI=1S/C9H20N2/c1-3-5-6-9(8-10)11-7-4-2/h4,9,11H,2-3,5-8,10H2,1H3. The Morgan fingerprint density at radius 1 is 1.64 bits per heavy atom. The van der Waals surface area contributed by atoms with Crippen LogP contribution in [0.5, 0.6) is 0 Å². The summed E-state index contributed by atoms with van der Waals surface area (Å²) in [4.78, 5) is 0. The lowest BCUT2D eigenvalue weighted by Crippen LogP contribution is -2.35. The monoisotopic (exact) mass is 156 g/mol. The highest BCUT2D eigenvalue weighted by Gasteiger charge is 2.01. The van der Waals surface area contributed by atoms with Crippen LogP contribution in [-0.4, -0.2) is 19.1 Å². The van der Waals surface area contributed by atoms with Crippen LogP contribution in [0.4, 0.5) is 0 Å². The molecule has 0 spiro atoms. The predicted molar refractivity (Wildman–Crippen MR) is 50.6 cm³/mol. The van der Waals surface area contributed by atoms with Gasteiger partial charge in [0.25, 0.3) is 0 Å². The molecule has 66 valence electrons. The van der Waals surface area contributed by atoms with E-state index in [2.05, 4.69) is 18.8 Å². The van der Waals surface area contributed by atoms with Gasteiger partial charge in [-0.25, -0.2) is 0 Å². The minimum Gasteiger partial charge on any atom is -0.329 e. The van der Waals surface area contributed by atoms with Gasteiger partial charge in [0.1, 0.15) is 0 Å². The molecule has 0 saturated heterocycles. The highest BCUT2D eigenvalue weighted by molar-refractivity contribution is 4.75. The molecule has 0 aromatic heterocycles. The van der Waals surface area contributed by atoms with Gasteiger partial charge in [-0.3, -0.25) is 0 Å². The van der Waals surface area contributed by atoms with Crippen molar-refractivity contribution in [1.82, 2.24) is 5.32 Å². The summed E-state index contributed by atoms with van der Waals surface area (Å²) in [7, 11) is 0. The van der Waals surface area contributed by atoms with Crippen LogP contribution in [0.3, 0.4) is 0 Å². The Labute approximate surface area is 69.9 Å². The molecular formula is C9H20N2. The first-order valence-corrected chi connectivity index (χ1v) is 4.39. The first-order valence-electron chi connectivity index (χ1n) is 4.39. The molecule has 3 N–H and O–H groups in total. The first-order chi connectivity index (χ1) is 5.35. The van der Waals surface area contributed by atoms with Crippen molar-refractivity contribution in [1.29, 1.82) is 0 Å². The van der Waals surface area contributed by atoms with Crippen molar-refractivity contribution in [3.8, 4) is 0 Å². The molecule has 0 bridgehead atoms. The molecule has 2 nitrogen and oxygen atoms in total. The van der Waals surface area contributed by atoms with E-state index >= 15 is 0 Å². The largest absolute Gasteiger partial charge is 0.329 e. The van der Waals surface area contributed by atoms with Crippen molar-refractivity contribution < 1.29 is 0 Å². The molecule has 0 saturated carbocycles. The van der Waals surface area contributed by atoms with Crippen LogP contribution in [-0.2, 0) is 0 Å². The van der Waals surface area contributed by atoms with Gasteiger partial charge < -0.3 is 11.1 Å². The summed E-state index contributed by atoms with van der Waals surface area (Å²) in [5.41, 5.74) is 5.56. The summed E-state index contributed by atoms with van der Waals surface area (Å²) in [5, 5.41) is 3.31.